The summed E-state index contributed by atoms with van der Waals surface area (Å²) in [5.74, 6) is -1.34. The summed E-state index contributed by atoms with van der Waals surface area (Å²) in [7, 11) is 3.80. The van der Waals surface area contributed by atoms with E-state index in [1.807, 2.05) is 25.1 Å². The molecule has 0 saturated heterocycles. The summed E-state index contributed by atoms with van der Waals surface area (Å²) in [5, 5.41) is 14.6. The van der Waals surface area contributed by atoms with Crippen molar-refractivity contribution in [1.29, 1.82) is 0 Å². The Morgan fingerprint density at radius 2 is 1.90 bits per heavy atom. The number of nitrogens with zero attached hydrogens (tertiary/aromatic N) is 1. The molecule has 0 aliphatic carbocycles. The molecule has 1 atom stereocenters. The van der Waals surface area contributed by atoms with Crippen molar-refractivity contribution in [2.45, 2.75) is 12.5 Å². The van der Waals surface area contributed by atoms with Gasteiger partial charge in [0.1, 0.15) is 6.04 Å². The molecule has 0 aliphatic heterocycles. The van der Waals surface area contributed by atoms with Crippen LogP contribution in [0.1, 0.15) is 6.42 Å². The van der Waals surface area contributed by atoms with Crippen LogP contribution in [-0.4, -0.2) is 55.1 Å². The minimum atomic E-state index is -1.02. The van der Waals surface area contributed by atoms with Crippen molar-refractivity contribution in [3.8, 4) is 0 Å². The molecular formula is C14H21N3O3. The number of carboxylic acids is 1. The van der Waals surface area contributed by atoms with E-state index in [1.54, 1.807) is 24.3 Å². The van der Waals surface area contributed by atoms with Crippen molar-refractivity contribution in [2.75, 3.05) is 32.5 Å². The van der Waals surface area contributed by atoms with Gasteiger partial charge in [0.15, 0.2) is 0 Å². The van der Waals surface area contributed by atoms with E-state index in [1.165, 1.54) is 0 Å². The van der Waals surface area contributed by atoms with Gasteiger partial charge in [-0.3, -0.25) is 9.59 Å². The van der Waals surface area contributed by atoms with E-state index in [0.717, 1.165) is 0 Å². The van der Waals surface area contributed by atoms with Gasteiger partial charge in [0, 0.05) is 18.8 Å². The molecule has 3 N–H and O–H groups in total. The van der Waals surface area contributed by atoms with Gasteiger partial charge in [-0.05, 0) is 26.2 Å². The van der Waals surface area contributed by atoms with Crippen LogP contribution in [0.15, 0.2) is 30.3 Å². The summed E-state index contributed by atoms with van der Waals surface area (Å²) < 4.78 is 0. The number of nitrogens with one attached hydrogen (secondary N) is 2. The quantitative estimate of drug-likeness (QED) is 0.650. The molecule has 0 radical (unpaired) electrons. The third-order valence-electron chi connectivity index (χ3n) is 2.69. The molecule has 0 fully saturated rings. The first-order valence-corrected chi connectivity index (χ1v) is 6.45. The average molecular weight is 279 g/mol. The second-order valence-corrected chi connectivity index (χ2v) is 4.77. The van der Waals surface area contributed by atoms with Crippen LogP contribution in [0.2, 0.25) is 0 Å². The van der Waals surface area contributed by atoms with Crippen LogP contribution in [0, 0.1) is 0 Å². The molecule has 6 nitrogen and oxygen atoms in total. The first kappa shape index (κ1) is 16.1. The van der Waals surface area contributed by atoms with Crippen LogP contribution in [0.3, 0.4) is 0 Å². The van der Waals surface area contributed by atoms with Crippen LogP contribution in [-0.2, 0) is 9.59 Å². The second-order valence-electron chi connectivity index (χ2n) is 4.77. The summed E-state index contributed by atoms with van der Waals surface area (Å²) in [4.78, 5) is 24.8. The predicted octanol–water partition coefficient (Wildman–Crippen LogP) is 0.620. The van der Waals surface area contributed by atoms with E-state index < -0.39 is 12.0 Å². The largest absolute Gasteiger partial charge is 0.480 e. The fourth-order valence-electron chi connectivity index (χ4n) is 1.63. The van der Waals surface area contributed by atoms with Gasteiger partial charge in [-0.1, -0.05) is 18.2 Å². The van der Waals surface area contributed by atoms with E-state index in [-0.39, 0.29) is 12.3 Å². The predicted molar refractivity (Wildman–Crippen MR) is 77.7 cm³/mol. The van der Waals surface area contributed by atoms with Crippen LogP contribution in [0.25, 0.3) is 0 Å². The van der Waals surface area contributed by atoms with Crippen molar-refractivity contribution < 1.29 is 14.7 Å². The van der Waals surface area contributed by atoms with E-state index in [2.05, 4.69) is 10.6 Å². The summed E-state index contributed by atoms with van der Waals surface area (Å²) >= 11 is 0. The van der Waals surface area contributed by atoms with Gasteiger partial charge in [-0.2, -0.15) is 0 Å². The summed E-state index contributed by atoms with van der Waals surface area (Å²) in [6.45, 7) is 1.23. The van der Waals surface area contributed by atoms with Crippen LogP contribution >= 0.6 is 0 Å². The Kier molecular flexibility index (Phi) is 6.69. The van der Waals surface area contributed by atoms with Crippen molar-refractivity contribution in [2.24, 2.45) is 0 Å². The highest BCUT2D eigenvalue weighted by molar-refractivity contribution is 5.93. The molecule has 110 valence electrons. The third kappa shape index (κ3) is 6.31. The van der Waals surface area contributed by atoms with Crippen molar-refractivity contribution in [3.05, 3.63) is 30.3 Å². The maximum atomic E-state index is 11.8. The first-order valence-electron chi connectivity index (χ1n) is 6.45. The SMILES string of the molecule is CN(C)CCNC(CC(=O)Nc1ccccc1)C(=O)O. The number of hydrogen-bond acceptors (Lipinski definition) is 4. The maximum Gasteiger partial charge on any atom is 0.321 e. The molecule has 0 aromatic heterocycles. The highest BCUT2D eigenvalue weighted by Crippen LogP contribution is 2.06. The molecular weight excluding hydrogens is 258 g/mol. The lowest BCUT2D eigenvalue weighted by atomic mass is 10.2. The maximum absolute atomic E-state index is 11.8. The Labute approximate surface area is 118 Å². The van der Waals surface area contributed by atoms with Crippen LogP contribution in [0.4, 0.5) is 5.69 Å². The number of benzene rings is 1. The van der Waals surface area contributed by atoms with Crippen molar-refractivity contribution >= 4 is 17.6 Å². The number of aliphatic carboxylic acids is 1. The molecule has 1 unspecified atom stereocenters. The number of hydrogen-bond donors (Lipinski definition) is 3. The Balaban J connectivity index is 2.44. The molecule has 1 amide bonds. The van der Waals surface area contributed by atoms with Crippen molar-refractivity contribution in [1.82, 2.24) is 10.2 Å². The molecule has 0 spiro atoms. The normalized spacial score (nSPS) is 12.2. The first-order chi connectivity index (χ1) is 9.49. The van der Waals surface area contributed by atoms with Gasteiger partial charge in [-0.25, -0.2) is 0 Å². The highest BCUT2D eigenvalue weighted by Gasteiger charge is 2.20. The number of carboxylic acid groups (broad SMARTS) is 1. The number of carbonyl (C=O) groups excluding carboxylic acids is 1. The van der Waals surface area contributed by atoms with Crippen LogP contribution in [0.5, 0.6) is 0 Å². The number of rotatable bonds is 8. The van der Waals surface area contributed by atoms with Crippen molar-refractivity contribution in [3.63, 3.8) is 0 Å². The zero-order valence-corrected chi connectivity index (χ0v) is 11.8. The molecule has 0 heterocycles. The smallest absolute Gasteiger partial charge is 0.321 e. The Hall–Kier alpha value is -1.92. The molecule has 0 saturated carbocycles. The monoisotopic (exact) mass is 279 g/mol. The van der Waals surface area contributed by atoms with Gasteiger partial charge in [0.25, 0.3) is 0 Å². The molecule has 20 heavy (non-hydrogen) atoms. The van der Waals surface area contributed by atoms with Gasteiger partial charge in [-0.15, -0.1) is 0 Å². The molecule has 0 aliphatic rings. The van der Waals surface area contributed by atoms with E-state index in [4.69, 9.17) is 5.11 Å². The van der Waals surface area contributed by atoms with Gasteiger partial charge in [0.2, 0.25) is 5.91 Å². The minimum Gasteiger partial charge on any atom is -0.480 e. The van der Waals surface area contributed by atoms with Gasteiger partial charge in [0.05, 0.1) is 6.42 Å². The number of anilines is 1. The molecule has 1 rings (SSSR count). The molecule has 1 aromatic rings. The third-order valence-corrected chi connectivity index (χ3v) is 2.69. The second kappa shape index (κ2) is 8.29. The number of amides is 1. The topological polar surface area (TPSA) is 81.7 Å². The number of para-hydroxylation sites is 1. The molecule has 6 heteroatoms. The number of carbonyl (C=O) groups is 2. The zero-order valence-electron chi connectivity index (χ0n) is 11.8. The lowest BCUT2D eigenvalue weighted by Crippen LogP contribution is -2.42. The standard InChI is InChI=1S/C14H21N3O3/c1-17(2)9-8-15-12(14(19)20)10-13(18)16-11-6-4-3-5-7-11/h3-7,12,15H,8-10H2,1-2H3,(H,16,18)(H,19,20). The fraction of sp³-hybridized carbons (Fsp3) is 0.429. The van der Waals surface area contributed by atoms with Gasteiger partial charge >= 0.3 is 5.97 Å². The Bertz CT molecular complexity index is 435. The highest BCUT2D eigenvalue weighted by atomic mass is 16.4. The van der Waals surface area contributed by atoms with E-state index >= 15 is 0 Å². The fourth-order valence-corrected chi connectivity index (χ4v) is 1.63. The molecule has 0 bridgehead atoms. The molecule has 1 aromatic carbocycles. The minimum absolute atomic E-state index is 0.0995. The lowest BCUT2D eigenvalue weighted by Gasteiger charge is -2.16. The Morgan fingerprint density at radius 3 is 2.45 bits per heavy atom. The van der Waals surface area contributed by atoms with Gasteiger partial charge < -0.3 is 20.6 Å². The average Bonchev–Trinajstić information content (AvgIpc) is 2.38. The zero-order chi connectivity index (χ0) is 15.0. The van der Waals surface area contributed by atoms with E-state index in [9.17, 15) is 9.59 Å². The summed E-state index contributed by atoms with van der Waals surface area (Å²) in [6.07, 6.45) is -0.0995. The van der Waals surface area contributed by atoms with E-state index in [0.29, 0.717) is 18.8 Å². The lowest BCUT2D eigenvalue weighted by molar-refractivity contribution is -0.141. The Morgan fingerprint density at radius 1 is 1.25 bits per heavy atom. The summed E-state index contributed by atoms with van der Waals surface area (Å²) in [5.41, 5.74) is 0.662. The number of likely N-dealkylation sites (N-methyl/N-ethyl adjacent to an activating group) is 1. The van der Waals surface area contributed by atoms with Crippen LogP contribution < -0.4 is 10.6 Å². The summed E-state index contributed by atoms with van der Waals surface area (Å²) in [6, 6.07) is 8.09.